The largest absolute Gasteiger partial charge is 0.330 e. The highest BCUT2D eigenvalue weighted by atomic mass is 32.2. The Morgan fingerprint density at radius 1 is 1.00 bits per heavy atom. The molecular weight excluding hydrogens is 454 g/mol. The van der Waals surface area contributed by atoms with Crippen LogP contribution in [-0.2, 0) is 14.8 Å². The number of aromatic nitrogens is 2. The first-order valence-electron chi connectivity index (χ1n) is 9.60. The van der Waals surface area contributed by atoms with E-state index < -0.39 is 10.0 Å². The third-order valence-electron chi connectivity index (χ3n) is 4.24. The summed E-state index contributed by atoms with van der Waals surface area (Å²) in [7, 11) is -3.52. The number of para-hydroxylation sites is 1. The number of thioether (sulfide) groups is 1. The minimum absolute atomic E-state index is 0.166. The molecule has 1 aromatic heterocycles. The first-order chi connectivity index (χ1) is 14.9. The highest BCUT2D eigenvalue weighted by Gasteiger charge is 2.21. The molecule has 3 rings (SSSR count). The summed E-state index contributed by atoms with van der Waals surface area (Å²) in [5, 5.41) is 14.7. The summed E-state index contributed by atoms with van der Waals surface area (Å²) >= 11 is 2.65. The number of nitrogens with zero attached hydrogens (tertiary/aromatic N) is 3. The zero-order valence-electron chi connectivity index (χ0n) is 17.1. The van der Waals surface area contributed by atoms with Gasteiger partial charge < -0.3 is 10.6 Å². The molecule has 0 bridgehead atoms. The smallest absolute Gasteiger partial charge is 0.243 e. The molecule has 0 radical (unpaired) electrons. The zero-order chi connectivity index (χ0) is 22.3. The van der Waals surface area contributed by atoms with Crippen molar-refractivity contribution in [2.75, 3.05) is 29.5 Å². The third-order valence-corrected chi connectivity index (χ3v) is 8.28. The molecule has 2 N–H and O–H groups in total. The Hall–Kier alpha value is -2.47. The second kappa shape index (κ2) is 10.7. The lowest BCUT2D eigenvalue weighted by molar-refractivity contribution is -0.113. The van der Waals surface area contributed by atoms with Gasteiger partial charge in [-0.05, 0) is 36.4 Å². The van der Waals surface area contributed by atoms with Gasteiger partial charge in [0.2, 0.25) is 21.1 Å². The summed E-state index contributed by atoms with van der Waals surface area (Å²) in [6.07, 6.45) is 0. The molecule has 0 spiro atoms. The minimum atomic E-state index is -3.52. The molecule has 164 valence electrons. The van der Waals surface area contributed by atoms with Crippen LogP contribution in [0.5, 0.6) is 0 Å². The molecule has 11 heteroatoms. The van der Waals surface area contributed by atoms with Crippen molar-refractivity contribution in [3.63, 3.8) is 0 Å². The topological polar surface area (TPSA) is 104 Å². The fraction of sp³-hybridized carbons (Fsp3) is 0.250. The fourth-order valence-electron chi connectivity index (χ4n) is 2.71. The average Bonchev–Trinajstić information content (AvgIpc) is 3.21. The number of rotatable bonds is 10. The Morgan fingerprint density at radius 2 is 1.68 bits per heavy atom. The molecule has 1 amide bonds. The maximum atomic E-state index is 12.5. The molecule has 0 atom stereocenters. The van der Waals surface area contributed by atoms with E-state index in [0.29, 0.717) is 28.2 Å². The highest BCUT2D eigenvalue weighted by Crippen LogP contribution is 2.27. The van der Waals surface area contributed by atoms with Crippen LogP contribution in [0.4, 0.5) is 16.5 Å². The highest BCUT2D eigenvalue weighted by molar-refractivity contribution is 8.01. The molecule has 0 aliphatic heterocycles. The van der Waals surface area contributed by atoms with Crippen molar-refractivity contribution < 1.29 is 13.2 Å². The van der Waals surface area contributed by atoms with Crippen molar-refractivity contribution in [3.05, 3.63) is 54.6 Å². The van der Waals surface area contributed by atoms with E-state index in [2.05, 4.69) is 20.8 Å². The normalized spacial score (nSPS) is 11.5. The number of anilines is 3. The zero-order valence-corrected chi connectivity index (χ0v) is 19.6. The van der Waals surface area contributed by atoms with Crippen molar-refractivity contribution >= 4 is 55.5 Å². The van der Waals surface area contributed by atoms with Gasteiger partial charge in [-0.15, -0.1) is 10.2 Å². The monoisotopic (exact) mass is 477 g/mol. The minimum Gasteiger partial charge on any atom is -0.330 e. The quantitative estimate of drug-likeness (QED) is 0.425. The van der Waals surface area contributed by atoms with E-state index in [9.17, 15) is 13.2 Å². The van der Waals surface area contributed by atoms with E-state index in [1.165, 1.54) is 39.5 Å². The lowest BCUT2D eigenvalue weighted by Gasteiger charge is -2.18. The molecular formula is C20H23N5O3S3. The number of hydrogen-bond acceptors (Lipinski definition) is 8. The molecule has 0 unspecified atom stereocenters. The number of sulfonamides is 1. The first-order valence-corrected chi connectivity index (χ1v) is 12.8. The van der Waals surface area contributed by atoms with Crippen LogP contribution < -0.4 is 10.6 Å². The Bertz CT molecular complexity index is 1100. The summed E-state index contributed by atoms with van der Waals surface area (Å²) in [5.41, 5.74) is 1.45. The fourth-order valence-corrected chi connectivity index (χ4v) is 5.74. The molecule has 8 nitrogen and oxygen atoms in total. The summed E-state index contributed by atoms with van der Waals surface area (Å²) in [4.78, 5) is 12.5. The second-order valence-corrected chi connectivity index (χ2v) is 10.5. The Balaban J connectivity index is 1.52. The van der Waals surface area contributed by atoms with E-state index in [0.717, 1.165) is 5.69 Å². The van der Waals surface area contributed by atoms with Crippen LogP contribution in [0, 0.1) is 0 Å². The maximum absolute atomic E-state index is 12.5. The number of amides is 1. The van der Waals surface area contributed by atoms with Gasteiger partial charge in [0.25, 0.3) is 0 Å². The second-order valence-electron chi connectivity index (χ2n) is 6.31. The number of nitrogens with one attached hydrogen (secondary N) is 2. The molecule has 3 aromatic rings. The molecule has 31 heavy (non-hydrogen) atoms. The van der Waals surface area contributed by atoms with Crippen LogP contribution in [0.15, 0.2) is 63.8 Å². The molecule has 0 saturated heterocycles. The molecule has 0 fully saturated rings. The lowest BCUT2D eigenvalue weighted by atomic mass is 10.3. The first kappa shape index (κ1) is 23.2. The van der Waals surface area contributed by atoms with Crippen molar-refractivity contribution in [2.45, 2.75) is 23.1 Å². The number of hydrogen-bond donors (Lipinski definition) is 2. The summed E-state index contributed by atoms with van der Waals surface area (Å²) < 4.78 is 27.1. The van der Waals surface area contributed by atoms with Gasteiger partial charge in [-0.3, -0.25) is 4.79 Å². The lowest BCUT2D eigenvalue weighted by Crippen LogP contribution is -2.30. The third kappa shape index (κ3) is 6.26. The number of benzene rings is 2. The van der Waals surface area contributed by atoms with Crippen LogP contribution >= 0.6 is 23.1 Å². The summed E-state index contributed by atoms with van der Waals surface area (Å²) in [6.45, 7) is 4.41. The van der Waals surface area contributed by atoms with Gasteiger partial charge in [-0.2, -0.15) is 4.31 Å². The van der Waals surface area contributed by atoms with Gasteiger partial charge in [0.15, 0.2) is 4.34 Å². The van der Waals surface area contributed by atoms with Crippen LogP contribution in [0.25, 0.3) is 0 Å². The molecule has 2 aromatic carbocycles. The average molecular weight is 478 g/mol. The van der Waals surface area contributed by atoms with Crippen molar-refractivity contribution in [2.24, 2.45) is 0 Å². The van der Waals surface area contributed by atoms with E-state index in [1.807, 2.05) is 30.3 Å². The van der Waals surface area contributed by atoms with Gasteiger partial charge in [0.05, 0.1) is 10.6 Å². The van der Waals surface area contributed by atoms with Crippen molar-refractivity contribution in [1.29, 1.82) is 0 Å². The Labute approximate surface area is 190 Å². The predicted molar refractivity (Wildman–Crippen MR) is 126 cm³/mol. The van der Waals surface area contributed by atoms with Gasteiger partial charge >= 0.3 is 0 Å². The molecule has 0 aliphatic carbocycles. The van der Waals surface area contributed by atoms with Crippen molar-refractivity contribution in [3.8, 4) is 0 Å². The van der Waals surface area contributed by atoms with Gasteiger partial charge in [-0.25, -0.2) is 8.42 Å². The summed E-state index contributed by atoms with van der Waals surface area (Å²) in [5.74, 6) is -0.0449. The van der Waals surface area contributed by atoms with Gasteiger partial charge in [-0.1, -0.05) is 55.1 Å². The molecule has 1 heterocycles. The Kier molecular flexibility index (Phi) is 8.02. The van der Waals surface area contributed by atoms with Crippen molar-refractivity contribution in [1.82, 2.24) is 14.5 Å². The van der Waals surface area contributed by atoms with E-state index >= 15 is 0 Å². The number of carbonyl (C=O) groups is 1. The van der Waals surface area contributed by atoms with Gasteiger partial charge in [0.1, 0.15) is 0 Å². The summed E-state index contributed by atoms with van der Waals surface area (Å²) in [6, 6.07) is 15.8. The van der Waals surface area contributed by atoms with Crippen LogP contribution in [0.2, 0.25) is 0 Å². The predicted octanol–water partition coefficient (Wildman–Crippen LogP) is 4.04. The standard InChI is InChI=1S/C20H23N5O3S3/c1-3-25(4-2)31(27,28)17-12-10-16(11-13-17)21-18(26)14-29-20-24-23-19(30-20)22-15-8-6-5-7-9-15/h5-13H,3-4,14H2,1-2H3,(H,21,26)(H,22,23). The Morgan fingerprint density at radius 3 is 2.32 bits per heavy atom. The van der Waals surface area contributed by atoms with Crippen LogP contribution in [-0.4, -0.2) is 47.7 Å². The van der Waals surface area contributed by atoms with Crippen LogP contribution in [0.1, 0.15) is 13.8 Å². The van der Waals surface area contributed by atoms with E-state index in [1.54, 1.807) is 26.0 Å². The molecule has 0 saturated carbocycles. The van der Waals surface area contributed by atoms with E-state index in [4.69, 9.17) is 0 Å². The van der Waals surface area contributed by atoms with Gasteiger partial charge in [0, 0.05) is 24.5 Å². The van der Waals surface area contributed by atoms with Crippen LogP contribution in [0.3, 0.4) is 0 Å². The molecule has 0 aliphatic rings. The maximum Gasteiger partial charge on any atom is 0.243 e. The SMILES string of the molecule is CCN(CC)S(=O)(=O)c1ccc(NC(=O)CSc2nnc(Nc3ccccc3)s2)cc1. The van der Waals surface area contributed by atoms with E-state index in [-0.39, 0.29) is 16.6 Å². The number of carbonyl (C=O) groups excluding carboxylic acids is 1.